The zero-order valence-electron chi connectivity index (χ0n) is 19.6. The zero-order valence-corrected chi connectivity index (χ0v) is 20.4. The molecular weight excluding hydrogens is 466 g/mol. The highest BCUT2D eigenvalue weighted by molar-refractivity contribution is 7.10. The van der Waals surface area contributed by atoms with Crippen LogP contribution in [0, 0.1) is 10.8 Å². The summed E-state index contributed by atoms with van der Waals surface area (Å²) in [6.07, 6.45) is 3.26. The maximum Gasteiger partial charge on any atom is 0.251 e. The molecule has 3 heterocycles. The first-order chi connectivity index (χ1) is 16.7. The van der Waals surface area contributed by atoms with E-state index in [0.29, 0.717) is 30.7 Å². The summed E-state index contributed by atoms with van der Waals surface area (Å²) in [6.45, 7) is 2.94. The Morgan fingerprint density at radius 3 is 2.83 bits per heavy atom. The number of benzene rings is 1. The van der Waals surface area contributed by atoms with Crippen LogP contribution >= 0.6 is 11.3 Å². The van der Waals surface area contributed by atoms with Crippen molar-refractivity contribution in [3.8, 4) is 5.75 Å². The molecule has 1 aromatic heterocycles. The van der Waals surface area contributed by atoms with E-state index in [0.717, 1.165) is 35.5 Å². The van der Waals surface area contributed by atoms with E-state index in [-0.39, 0.29) is 41.6 Å². The lowest BCUT2D eigenvalue weighted by Crippen LogP contribution is -2.50. The van der Waals surface area contributed by atoms with Crippen LogP contribution < -0.4 is 21.1 Å². The van der Waals surface area contributed by atoms with E-state index in [9.17, 15) is 14.4 Å². The van der Waals surface area contributed by atoms with E-state index in [4.69, 9.17) is 15.9 Å². The number of amides is 3. The molecule has 0 radical (unpaired) electrons. The minimum absolute atomic E-state index is 0.00910. The van der Waals surface area contributed by atoms with Gasteiger partial charge in [-0.05, 0) is 60.9 Å². The lowest BCUT2D eigenvalue weighted by Gasteiger charge is -2.27. The number of nitrogens with one attached hydrogen (secondary N) is 3. The number of nitrogen functional groups attached to an aromatic ring is 1. The SMILES string of the molecule is C[C@@]12C[C@@H]1N(C(=O)CNC(=O)c1ccc3c(c1)CCCO3)[C@H](C(=O)NCc1cc(C(=N)N)cs1)C2. The van der Waals surface area contributed by atoms with Gasteiger partial charge in [0.05, 0.1) is 19.7 Å². The average molecular weight is 496 g/mol. The van der Waals surface area contributed by atoms with Crippen molar-refractivity contribution >= 4 is 34.9 Å². The van der Waals surface area contributed by atoms with Crippen LogP contribution in [0.15, 0.2) is 29.6 Å². The molecule has 3 aliphatic rings. The molecule has 2 fully saturated rings. The summed E-state index contributed by atoms with van der Waals surface area (Å²) >= 11 is 1.42. The number of hydrogen-bond acceptors (Lipinski definition) is 6. The monoisotopic (exact) mass is 495 g/mol. The highest BCUT2D eigenvalue weighted by atomic mass is 32.1. The fourth-order valence-corrected chi connectivity index (χ4v) is 5.94. The van der Waals surface area contributed by atoms with E-state index >= 15 is 0 Å². The van der Waals surface area contributed by atoms with Crippen molar-refractivity contribution in [3.05, 3.63) is 51.2 Å². The lowest BCUT2D eigenvalue weighted by atomic mass is 10.0. The van der Waals surface area contributed by atoms with Gasteiger partial charge in [0.15, 0.2) is 0 Å². The molecular formula is C25H29N5O4S. The Kier molecular flexibility index (Phi) is 6.00. The van der Waals surface area contributed by atoms with Crippen molar-refractivity contribution in [2.75, 3.05) is 13.2 Å². The van der Waals surface area contributed by atoms with Crippen LogP contribution in [-0.2, 0) is 22.6 Å². The highest BCUT2D eigenvalue weighted by Gasteiger charge is 2.64. The predicted molar refractivity (Wildman–Crippen MR) is 132 cm³/mol. The Labute approximate surface area is 207 Å². The van der Waals surface area contributed by atoms with E-state index in [1.165, 1.54) is 11.3 Å². The van der Waals surface area contributed by atoms with Crippen molar-refractivity contribution in [3.63, 3.8) is 0 Å². The normalized spacial score (nSPS) is 24.1. The van der Waals surface area contributed by atoms with Gasteiger partial charge in [-0.2, -0.15) is 0 Å². The molecule has 0 spiro atoms. The number of piperidine rings is 1. The number of hydrogen-bond donors (Lipinski definition) is 4. The Balaban J connectivity index is 1.19. The van der Waals surface area contributed by atoms with Crippen LogP contribution in [-0.4, -0.2) is 53.7 Å². The molecule has 35 heavy (non-hydrogen) atoms. The molecule has 5 N–H and O–H groups in total. The Bertz CT molecular complexity index is 1210. The van der Waals surface area contributed by atoms with Gasteiger partial charge in [0.25, 0.3) is 5.91 Å². The van der Waals surface area contributed by atoms with Gasteiger partial charge in [0.2, 0.25) is 11.8 Å². The maximum atomic E-state index is 13.1. The molecule has 0 unspecified atom stereocenters. The van der Waals surface area contributed by atoms with E-state index in [2.05, 4.69) is 17.6 Å². The molecule has 9 nitrogen and oxygen atoms in total. The average Bonchev–Trinajstić information content (AvgIpc) is 3.18. The molecule has 10 heteroatoms. The van der Waals surface area contributed by atoms with Crippen molar-refractivity contribution in [2.24, 2.45) is 11.1 Å². The summed E-state index contributed by atoms with van der Waals surface area (Å²) in [4.78, 5) is 41.4. The molecule has 1 aliphatic carbocycles. The van der Waals surface area contributed by atoms with Gasteiger partial charge in [-0.25, -0.2) is 0 Å². The summed E-state index contributed by atoms with van der Waals surface area (Å²) in [6, 6.07) is 6.57. The van der Waals surface area contributed by atoms with Crippen molar-refractivity contribution < 1.29 is 19.1 Å². The van der Waals surface area contributed by atoms with Crippen molar-refractivity contribution in [1.82, 2.24) is 15.5 Å². The molecule has 3 amide bonds. The third kappa shape index (κ3) is 4.62. The van der Waals surface area contributed by atoms with Crippen molar-refractivity contribution in [1.29, 1.82) is 5.41 Å². The molecule has 5 rings (SSSR count). The van der Waals surface area contributed by atoms with Crippen LogP contribution in [0.2, 0.25) is 0 Å². The number of aryl methyl sites for hydroxylation is 1. The summed E-state index contributed by atoms with van der Waals surface area (Å²) in [5.74, 6) is 0.0316. The molecule has 3 atom stereocenters. The topological polar surface area (TPSA) is 138 Å². The van der Waals surface area contributed by atoms with E-state index < -0.39 is 6.04 Å². The molecule has 1 saturated carbocycles. The van der Waals surface area contributed by atoms with Gasteiger partial charge in [-0.15, -0.1) is 11.3 Å². The van der Waals surface area contributed by atoms with Gasteiger partial charge in [0.1, 0.15) is 17.6 Å². The summed E-state index contributed by atoms with van der Waals surface area (Å²) in [5, 5.41) is 14.9. The van der Waals surface area contributed by atoms with Gasteiger partial charge in [-0.1, -0.05) is 6.92 Å². The second-order valence-electron chi connectivity index (χ2n) is 9.79. The smallest absolute Gasteiger partial charge is 0.251 e. The maximum absolute atomic E-state index is 13.1. The van der Waals surface area contributed by atoms with Crippen molar-refractivity contribution in [2.45, 2.75) is 51.2 Å². The number of ether oxygens (including phenoxy) is 1. The Morgan fingerprint density at radius 2 is 2.06 bits per heavy atom. The van der Waals surface area contributed by atoms with Gasteiger partial charge >= 0.3 is 0 Å². The fourth-order valence-electron chi connectivity index (χ4n) is 5.12. The van der Waals surface area contributed by atoms with Crippen LogP contribution in [0.3, 0.4) is 0 Å². The molecule has 184 valence electrons. The Morgan fingerprint density at radius 1 is 1.23 bits per heavy atom. The molecule has 2 aromatic rings. The number of nitrogens with zero attached hydrogens (tertiary/aromatic N) is 1. The number of rotatable bonds is 7. The number of amidine groups is 1. The lowest BCUT2D eigenvalue weighted by molar-refractivity contribution is -0.139. The third-order valence-electron chi connectivity index (χ3n) is 7.20. The fraction of sp³-hybridized carbons (Fsp3) is 0.440. The molecule has 1 saturated heterocycles. The number of carbonyl (C=O) groups is 3. The zero-order chi connectivity index (χ0) is 24.7. The van der Waals surface area contributed by atoms with Gasteiger partial charge in [0, 0.05) is 27.4 Å². The van der Waals surface area contributed by atoms with Crippen LogP contribution in [0.5, 0.6) is 5.75 Å². The number of thiophene rings is 1. The second-order valence-corrected chi connectivity index (χ2v) is 10.8. The first-order valence-corrected chi connectivity index (χ1v) is 12.7. The first-order valence-electron chi connectivity index (χ1n) is 11.8. The number of fused-ring (bicyclic) bond motifs is 2. The second kappa shape index (κ2) is 8.99. The molecule has 2 aliphatic heterocycles. The quantitative estimate of drug-likeness (QED) is 0.343. The largest absolute Gasteiger partial charge is 0.493 e. The van der Waals surface area contributed by atoms with Gasteiger partial charge in [-0.3, -0.25) is 19.8 Å². The third-order valence-corrected chi connectivity index (χ3v) is 8.14. The van der Waals surface area contributed by atoms with Gasteiger partial charge < -0.3 is 26.0 Å². The predicted octanol–water partition coefficient (Wildman–Crippen LogP) is 1.78. The number of likely N-dealkylation sites (tertiary alicyclic amines) is 1. The standard InChI is InChI=1S/C25H29N5O4S/c1-25-9-18(24(33)28-11-17-8-16(13-35-17)22(26)27)30(20(25)10-25)21(31)12-29-23(32)15-4-5-19-14(7-15)3-2-6-34-19/h4-5,7-8,13,18,20H,2-3,6,9-12H2,1H3,(H3,26,27)(H,28,33)(H,29,32)/t18-,20-,25+/m0/s1. The van der Waals surface area contributed by atoms with Crippen LogP contribution in [0.4, 0.5) is 0 Å². The summed E-state index contributed by atoms with van der Waals surface area (Å²) in [7, 11) is 0. The minimum atomic E-state index is -0.559. The highest BCUT2D eigenvalue weighted by Crippen LogP contribution is 2.59. The molecule has 0 bridgehead atoms. The minimum Gasteiger partial charge on any atom is -0.493 e. The first kappa shape index (κ1) is 23.3. The van der Waals surface area contributed by atoms with Crippen LogP contribution in [0.25, 0.3) is 0 Å². The number of nitrogens with two attached hydrogens (primary N) is 1. The Hall–Kier alpha value is -3.40. The van der Waals surface area contributed by atoms with E-state index in [1.54, 1.807) is 28.5 Å². The molecule has 1 aromatic carbocycles. The summed E-state index contributed by atoms with van der Waals surface area (Å²) in [5.41, 5.74) is 7.59. The number of carbonyl (C=O) groups excluding carboxylic acids is 3. The summed E-state index contributed by atoms with van der Waals surface area (Å²) < 4.78 is 5.60. The van der Waals surface area contributed by atoms with Crippen LogP contribution in [0.1, 0.15) is 52.5 Å². The van der Waals surface area contributed by atoms with E-state index in [1.807, 2.05) is 6.07 Å².